The van der Waals surface area contributed by atoms with Gasteiger partial charge < -0.3 is 4.57 Å². The van der Waals surface area contributed by atoms with Gasteiger partial charge in [0, 0.05) is 29.2 Å². The predicted octanol–water partition coefficient (Wildman–Crippen LogP) is 4.21. The van der Waals surface area contributed by atoms with Crippen molar-refractivity contribution in [2.45, 2.75) is 13.0 Å². The van der Waals surface area contributed by atoms with Crippen LogP contribution in [0.1, 0.15) is 11.1 Å². The number of nitrogens with one attached hydrogen (secondary N) is 1. The maximum Gasteiger partial charge on any atom is 0.290 e. The van der Waals surface area contributed by atoms with E-state index in [4.69, 9.17) is 0 Å². The lowest BCUT2D eigenvalue weighted by Crippen LogP contribution is -2.17. The van der Waals surface area contributed by atoms with Gasteiger partial charge in [-0.25, -0.2) is 0 Å². The maximum absolute atomic E-state index is 11.8. The minimum absolute atomic E-state index is 0.316. The molecule has 1 saturated heterocycles. The van der Waals surface area contributed by atoms with Crippen LogP contribution in [0, 0.1) is 0 Å². The molecule has 0 radical (unpaired) electrons. The van der Waals surface area contributed by atoms with Crippen molar-refractivity contribution in [1.82, 2.24) is 9.88 Å². The van der Waals surface area contributed by atoms with E-state index >= 15 is 0 Å². The second-order valence-corrected chi connectivity index (χ2v) is 6.90. The molecule has 2 amide bonds. The van der Waals surface area contributed by atoms with Gasteiger partial charge in [0.25, 0.3) is 11.1 Å². The smallest absolute Gasteiger partial charge is 0.290 e. The van der Waals surface area contributed by atoms with Crippen LogP contribution in [-0.4, -0.2) is 15.7 Å². The molecule has 4 nitrogen and oxygen atoms in total. The lowest BCUT2D eigenvalue weighted by atomic mass is 10.1. The summed E-state index contributed by atoms with van der Waals surface area (Å²) in [5.74, 6) is -0.323. The first-order valence-electron chi connectivity index (χ1n) is 8.07. The van der Waals surface area contributed by atoms with Crippen LogP contribution < -0.4 is 5.32 Å². The molecule has 0 aliphatic carbocycles. The fourth-order valence-electron chi connectivity index (χ4n) is 3.03. The summed E-state index contributed by atoms with van der Waals surface area (Å²) < 4.78 is 2.20. The van der Waals surface area contributed by atoms with Gasteiger partial charge in [-0.05, 0) is 35.9 Å². The Balaban J connectivity index is 1.68. The number of imide groups is 1. The van der Waals surface area contributed by atoms with Gasteiger partial charge in [-0.1, -0.05) is 48.5 Å². The number of aryl methyl sites for hydroxylation is 2. The van der Waals surface area contributed by atoms with Crippen molar-refractivity contribution in [3.8, 4) is 0 Å². The van der Waals surface area contributed by atoms with Gasteiger partial charge in [0.2, 0.25) is 0 Å². The zero-order chi connectivity index (χ0) is 17.2. The van der Waals surface area contributed by atoms with Crippen molar-refractivity contribution in [1.29, 1.82) is 0 Å². The third-order valence-electron chi connectivity index (χ3n) is 4.23. The third-order valence-corrected chi connectivity index (χ3v) is 5.04. The fourth-order valence-corrected chi connectivity index (χ4v) is 3.70. The molecule has 2 heterocycles. The molecular weight excluding hydrogens is 332 g/mol. The first-order chi connectivity index (χ1) is 12.2. The number of nitrogens with zero attached hydrogens (tertiary/aromatic N) is 1. The van der Waals surface area contributed by atoms with Crippen LogP contribution in [-0.2, 0) is 17.8 Å². The number of hydrogen-bond acceptors (Lipinski definition) is 3. The Hall–Kier alpha value is -2.79. The molecule has 0 saturated carbocycles. The molecule has 3 aromatic rings. The number of para-hydroxylation sites is 1. The summed E-state index contributed by atoms with van der Waals surface area (Å²) >= 11 is 0.949. The SMILES string of the molecule is O=C1NC(=O)C(=Cc2cn(CCc3ccccc3)c3ccccc23)S1. The van der Waals surface area contributed by atoms with Crippen LogP contribution in [0.2, 0.25) is 0 Å². The molecule has 4 rings (SSSR count). The summed E-state index contributed by atoms with van der Waals surface area (Å²) in [5, 5.41) is 3.06. The molecule has 0 unspecified atom stereocenters. The lowest BCUT2D eigenvalue weighted by molar-refractivity contribution is -0.115. The first kappa shape index (κ1) is 15.7. The Labute approximate surface area is 149 Å². The van der Waals surface area contributed by atoms with E-state index in [1.165, 1.54) is 5.56 Å². The minimum atomic E-state index is -0.323. The van der Waals surface area contributed by atoms with Crippen molar-refractivity contribution >= 4 is 39.9 Å². The van der Waals surface area contributed by atoms with Crippen LogP contribution in [0.15, 0.2) is 65.7 Å². The average Bonchev–Trinajstić information content (AvgIpc) is 3.14. The van der Waals surface area contributed by atoms with Crippen LogP contribution in [0.3, 0.4) is 0 Å². The van der Waals surface area contributed by atoms with Crippen molar-refractivity contribution < 1.29 is 9.59 Å². The van der Waals surface area contributed by atoms with Gasteiger partial charge in [-0.2, -0.15) is 0 Å². The highest BCUT2D eigenvalue weighted by Gasteiger charge is 2.25. The Kier molecular flexibility index (Phi) is 4.15. The highest BCUT2D eigenvalue weighted by Crippen LogP contribution is 2.29. The van der Waals surface area contributed by atoms with Crippen molar-refractivity contribution in [2.24, 2.45) is 0 Å². The van der Waals surface area contributed by atoms with Gasteiger partial charge >= 0.3 is 0 Å². The number of fused-ring (bicyclic) bond motifs is 1. The summed E-state index contributed by atoms with van der Waals surface area (Å²) in [7, 11) is 0. The van der Waals surface area contributed by atoms with E-state index < -0.39 is 0 Å². The molecular formula is C20H16N2O2S. The maximum atomic E-state index is 11.8. The molecule has 1 fully saturated rings. The minimum Gasteiger partial charge on any atom is -0.347 e. The molecule has 0 spiro atoms. The largest absolute Gasteiger partial charge is 0.347 e. The average molecular weight is 348 g/mol. The highest BCUT2D eigenvalue weighted by molar-refractivity contribution is 8.18. The molecule has 2 aromatic carbocycles. The van der Waals surface area contributed by atoms with E-state index in [9.17, 15) is 9.59 Å². The number of thioether (sulfide) groups is 1. The number of rotatable bonds is 4. The number of aromatic nitrogens is 1. The van der Waals surface area contributed by atoms with E-state index in [-0.39, 0.29) is 11.1 Å². The van der Waals surface area contributed by atoms with Gasteiger partial charge in [-0.15, -0.1) is 0 Å². The van der Waals surface area contributed by atoms with Crippen molar-refractivity contribution in [3.63, 3.8) is 0 Å². The Morgan fingerprint density at radius 3 is 2.52 bits per heavy atom. The van der Waals surface area contributed by atoms with Crippen LogP contribution >= 0.6 is 11.8 Å². The second kappa shape index (κ2) is 6.61. The van der Waals surface area contributed by atoms with Gasteiger partial charge in [-0.3, -0.25) is 14.9 Å². The van der Waals surface area contributed by atoms with Gasteiger partial charge in [0.05, 0.1) is 4.91 Å². The second-order valence-electron chi connectivity index (χ2n) is 5.88. The first-order valence-corrected chi connectivity index (χ1v) is 8.89. The summed E-state index contributed by atoms with van der Waals surface area (Å²) in [6.45, 7) is 0.853. The molecule has 1 N–H and O–H groups in total. The predicted molar refractivity (Wildman–Crippen MR) is 101 cm³/mol. The number of hydrogen-bond donors (Lipinski definition) is 1. The number of benzene rings is 2. The van der Waals surface area contributed by atoms with Crippen LogP contribution in [0.25, 0.3) is 17.0 Å². The summed E-state index contributed by atoms with van der Waals surface area (Å²) in [5.41, 5.74) is 3.37. The monoisotopic (exact) mass is 348 g/mol. The lowest BCUT2D eigenvalue weighted by Gasteiger charge is -2.05. The molecule has 25 heavy (non-hydrogen) atoms. The van der Waals surface area contributed by atoms with E-state index in [1.807, 2.05) is 36.4 Å². The Bertz CT molecular complexity index is 989. The number of carbonyl (C=O) groups is 2. The van der Waals surface area contributed by atoms with Crippen LogP contribution in [0.5, 0.6) is 0 Å². The van der Waals surface area contributed by atoms with E-state index in [2.05, 4.69) is 34.3 Å². The fraction of sp³-hybridized carbons (Fsp3) is 0.100. The van der Waals surface area contributed by atoms with E-state index in [1.54, 1.807) is 6.08 Å². The molecule has 1 aliphatic rings. The molecule has 0 atom stereocenters. The molecule has 124 valence electrons. The van der Waals surface area contributed by atoms with E-state index in [0.29, 0.717) is 4.91 Å². The number of carbonyl (C=O) groups excluding carboxylic acids is 2. The summed E-state index contributed by atoms with van der Waals surface area (Å²) in [6, 6.07) is 18.5. The normalized spacial score (nSPS) is 15.9. The van der Waals surface area contributed by atoms with Gasteiger partial charge in [0.1, 0.15) is 0 Å². The Morgan fingerprint density at radius 1 is 1.00 bits per heavy atom. The summed E-state index contributed by atoms with van der Waals surface area (Å²) in [4.78, 5) is 23.6. The van der Waals surface area contributed by atoms with Crippen LogP contribution in [0.4, 0.5) is 4.79 Å². The quantitative estimate of drug-likeness (QED) is 0.719. The third kappa shape index (κ3) is 3.23. The standard InChI is InChI=1S/C20H16N2O2S/c23-19-18(25-20(24)21-19)12-15-13-22(17-9-5-4-8-16(15)17)11-10-14-6-2-1-3-7-14/h1-9,12-13H,10-11H2,(H,21,23,24). The zero-order valence-electron chi connectivity index (χ0n) is 13.4. The molecule has 1 aromatic heterocycles. The van der Waals surface area contributed by atoms with Gasteiger partial charge in [0.15, 0.2) is 0 Å². The molecule has 0 bridgehead atoms. The van der Waals surface area contributed by atoms with Crippen molar-refractivity contribution in [3.05, 3.63) is 76.8 Å². The highest BCUT2D eigenvalue weighted by atomic mass is 32.2. The topological polar surface area (TPSA) is 51.1 Å². The number of amides is 2. The zero-order valence-corrected chi connectivity index (χ0v) is 14.3. The van der Waals surface area contributed by atoms with Crippen molar-refractivity contribution in [2.75, 3.05) is 0 Å². The molecule has 5 heteroatoms. The Morgan fingerprint density at radius 2 is 1.76 bits per heavy atom. The van der Waals surface area contributed by atoms with E-state index in [0.717, 1.165) is 41.2 Å². The summed E-state index contributed by atoms with van der Waals surface area (Å²) in [6.07, 6.45) is 4.78. The molecule has 1 aliphatic heterocycles.